The van der Waals surface area contributed by atoms with E-state index in [-0.39, 0.29) is 5.41 Å². The molecule has 2 aliphatic rings. The number of hydrogen-bond donors (Lipinski definition) is 1. The topological polar surface area (TPSA) is 29.5 Å². The second-order valence-corrected chi connectivity index (χ2v) is 6.59. The summed E-state index contributed by atoms with van der Waals surface area (Å²) >= 11 is 0. The highest BCUT2D eigenvalue weighted by atomic mass is 16.5. The summed E-state index contributed by atoms with van der Waals surface area (Å²) in [6.07, 6.45) is 5.71. The molecular formula is C17H24O2. The average Bonchev–Trinajstić information content (AvgIpc) is 2.42. The van der Waals surface area contributed by atoms with E-state index >= 15 is 0 Å². The molecule has 2 fully saturated rings. The minimum absolute atomic E-state index is 0.159. The lowest BCUT2D eigenvalue weighted by atomic mass is 9.46. The van der Waals surface area contributed by atoms with Crippen molar-refractivity contribution in [3.05, 3.63) is 35.9 Å². The normalized spacial score (nSPS) is 37.5. The zero-order valence-electron chi connectivity index (χ0n) is 11.8. The van der Waals surface area contributed by atoms with E-state index in [0.717, 1.165) is 12.8 Å². The summed E-state index contributed by atoms with van der Waals surface area (Å²) in [6.45, 7) is 3.60. The Balaban J connectivity index is 1.52. The molecule has 0 heterocycles. The molecule has 0 amide bonds. The fourth-order valence-corrected chi connectivity index (χ4v) is 4.08. The molecule has 2 heteroatoms. The molecule has 1 N–H and O–H groups in total. The molecule has 1 aromatic rings. The fourth-order valence-electron chi connectivity index (χ4n) is 4.08. The molecule has 0 spiro atoms. The third kappa shape index (κ3) is 2.21. The van der Waals surface area contributed by atoms with E-state index in [1.807, 2.05) is 18.2 Å². The minimum atomic E-state index is -0.456. The van der Waals surface area contributed by atoms with Crippen LogP contribution in [0, 0.1) is 11.3 Å². The van der Waals surface area contributed by atoms with Crippen molar-refractivity contribution in [3.8, 4) is 0 Å². The first-order valence-electron chi connectivity index (χ1n) is 7.48. The van der Waals surface area contributed by atoms with E-state index in [0.29, 0.717) is 19.1 Å². The monoisotopic (exact) mass is 260 g/mol. The van der Waals surface area contributed by atoms with Crippen LogP contribution in [0.25, 0.3) is 0 Å². The molecule has 0 saturated heterocycles. The van der Waals surface area contributed by atoms with Gasteiger partial charge in [-0.05, 0) is 30.2 Å². The molecule has 2 aliphatic carbocycles. The number of aliphatic hydroxyl groups is 1. The molecule has 1 aromatic carbocycles. The van der Waals surface area contributed by atoms with Crippen LogP contribution in [0.15, 0.2) is 30.3 Å². The highest BCUT2D eigenvalue weighted by molar-refractivity contribution is 5.14. The van der Waals surface area contributed by atoms with Crippen LogP contribution in [0.1, 0.15) is 44.6 Å². The summed E-state index contributed by atoms with van der Waals surface area (Å²) < 4.78 is 5.82. The Morgan fingerprint density at radius 1 is 1.21 bits per heavy atom. The highest BCUT2D eigenvalue weighted by Crippen LogP contribution is 2.61. The van der Waals surface area contributed by atoms with Crippen molar-refractivity contribution >= 4 is 0 Å². The molecule has 0 unspecified atom stereocenters. The molecular weight excluding hydrogens is 236 g/mol. The van der Waals surface area contributed by atoms with Crippen LogP contribution in [0.4, 0.5) is 0 Å². The lowest BCUT2D eigenvalue weighted by molar-refractivity contribution is -0.243. The molecule has 0 aromatic heterocycles. The first-order valence-corrected chi connectivity index (χ1v) is 7.48. The molecule has 0 radical (unpaired) electrons. The van der Waals surface area contributed by atoms with E-state index in [1.54, 1.807) is 0 Å². The van der Waals surface area contributed by atoms with Gasteiger partial charge in [-0.3, -0.25) is 0 Å². The first kappa shape index (κ1) is 13.1. The van der Waals surface area contributed by atoms with Crippen LogP contribution >= 0.6 is 0 Å². The molecule has 2 nitrogen and oxygen atoms in total. The molecule has 104 valence electrons. The van der Waals surface area contributed by atoms with Gasteiger partial charge >= 0.3 is 0 Å². The van der Waals surface area contributed by atoms with Crippen LogP contribution in [0.3, 0.4) is 0 Å². The van der Waals surface area contributed by atoms with E-state index in [1.165, 1.54) is 24.8 Å². The Morgan fingerprint density at radius 2 is 1.95 bits per heavy atom. The zero-order valence-corrected chi connectivity index (χ0v) is 11.8. The molecule has 0 bridgehead atoms. The van der Waals surface area contributed by atoms with Crippen molar-refractivity contribution in [2.24, 2.45) is 11.3 Å². The predicted octanol–water partition coefficient (Wildman–Crippen LogP) is 3.53. The molecule has 19 heavy (non-hydrogen) atoms. The van der Waals surface area contributed by atoms with Gasteiger partial charge in [-0.2, -0.15) is 0 Å². The van der Waals surface area contributed by atoms with Crippen LogP contribution in [-0.2, 0) is 11.3 Å². The summed E-state index contributed by atoms with van der Waals surface area (Å²) in [5, 5.41) is 10.9. The molecule has 0 aliphatic heterocycles. The fraction of sp³-hybridized carbons (Fsp3) is 0.647. The first-order chi connectivity index (χ1) is 9.14. The van der Waals surface area contributed by atoms with Gasteiger partial charge < -0.3 is 9.84 Å². The van der Waals surface area contributed by atoms with E-state index in [2.05, 4.69) is 19.1 Å². The quantitative estimate of drug-likeness (QED) is 0.897. The molecule has 3 rings (SSSR count). The van der Waals surface area contributed by atoms with Crippen LogP contribution in [0.2, 0.25) is 0 Å². The van der Waals surface area contributed by atoms with Gasteiger partial charge in [0.15, 0.2) is 0 Å². The summed E-state index contributed by atoms with van der Waals surface area (Å²) in [5.74, 6) is 0.335. The second kappa shape index (κ2) is 4.92. The predicted molar refractivity (Wildman–Crippen MR) is 75.7 cm³/mol. The van der Waals surface area contributed by atoms with E-state index in [4.69, 9.17) is 4.74 Å². The van der Waals surface area contributed by atoms with Gasteiger partial charge in [0.2, 0.25) is 0 Å². The van der Waals surface area contributed by atoms with Crippen LogP contribution in [0.5, 0.6) is 0 Å². The lowest BCUT2D eigenvalue weighted by Gasteiger charge is -2.62. The Hall–Kier alpha value is -0.860. The van der Waals surface area contributed by atoms with Crippen molar-refractivity contribution in [3.63, 3.8) is 0 Å². The largest absolute Gasteiger partial charge is 0.389 e. The lowest BCUT2D eigenvalue weighted by Crippen LogP contribution is -2.65. The maximum absolute atomic E-state index is 10.9. The van der Waals surface area contributed by atoms with Gasteiger partial charge in [0.05, 0.1) is 18.8 Å². The standard InChI is InChI=1S/C17H24O2/c1-16-9-5-6-10-17(16,18)15(11-16)13-19-12-14-7-3-2-4-8-14/h2-4,7-8,15,18H,5-6,9-13H2,1H3/t15-,16-,17-/m0/s1. The number of ether oxygens (including phenoxy) is 1. The van der Waals surface area contributed by atoms with Crippen molar-refractivity contribution < 1.29 is 9.84 Å². The summed E-state index contributed by atoms with van der Waals surface area (Å²) in [6, 6.07) is 10.3. The number of benzene rings is 1. The Bertz CT molecular complexity index is 430. The number of fused-ring (bicyclic) bond motifs is 1. The summed E-state index contributed by atoms with van der Waals surface area (Å²) in [4.78, 5) is 0. The van der Waals surface area contributed by atoms with Gasteiger partial charge in [-0.15, -0.1) is 0 Å². The Kier molecular flexibility index (Phi) is 3.40. The van der Waals surface area contributed by atoms with Crippen LogP contribution in [-0.4, -0.2) is 17.3 Å². The van der Waals surface area contributed by atoms with Crippen molar-refractivity contribution in [2.75, 3.05) is 6.61 Å². The highest BCUT2D eigenvalue weighted by Gasteiger charge is 2.62. The third-order valence-electron chi connectivity index (χ3n) is 5.38. The van der Waals surface area contributed by atoms with Gasteiger partial charge in [0.25, 0.3) is 0 Å². The maximum atomic E-state index is 10.9. The molecule has 2 saturated carbocycles. The smallest absolute Gasteiger partial charge is 0.0751 e. The van der Waals surface area contributed by atoms with Gasteiger partial charge in [-0.1, -0.05) is 50.1 Å². The van der Waals surface area contributed by atoms with Gasteiger partial charge in [0.1, 0.15) is 0 Å². The number of hydrogen-bond acceptors (Lipinski definition) is 2. The van der Waals surface area contributed by atoms with Gasteiger partial charge in [-0.25, -0.2) is 0 Å². The van der Waals surface area contributed by atoms with E-state index < -0.39 is 5.60 Å². The van der Waals surface area contributed by atoms with Crippen molar-refractivity contribution in [2.45, 2.75) is 51.2 Å². The molecule has 3 atom stereocenters. The SMILES string of the molecule is C[C@@]12CCCC[C@]1(O)[C@H](COCc1ccccc1)C2. The Labute approximate surface area is 115 Å². The second-order valence-electron chi connectivity index (χ2n) is 6.59. The van der Waals surface area contributed by atoms with Crippen molar-refractivity contribution in [1.82, 2.24) is 0 Å². The Morgan fingerprint density at radius 3 is 2.68 bits per heavy atom. The van der Waals surface area contributed by atoms with Crippen molar-refractivity contribution in [1.29, 1.82) is 0 Å². The number of rotatable bonds is 4. The maximum Gasteiger partial charge on any atom is 0.0751 e. The summed E-state index contributed by atoms with van der Waals surface area (Å²) in [5.41, 5.74) is 0.911. The van der Waals surface area contributed by atoms with Gasteiger partial charge in [0, 0.05) is 5.92 Å². The van der Waals surface area contributed by atoms with Crippen LogP contribution < -0.4 is 0 Å². The minimum Gasteiger partial charge on any atom is -0.389 e. The third-order valence-corrected chi connectivity index (χ3v) is 5.38. The zero-order chi connectivity index (χ0) is 13.3. The average molecular weight is 260 g/mol. The summed E-state index contributed by atoms with van der Waals surface area (Å²) in [7, 11) is 0. The van der Waals surface area contributed by atoms with E-state index in [9.17, 15) is 5.11 Å².